The molecule has 10 radical (unpaired) electrons. The van der Waals surface area contributed by atoms with Gasteiger partial charge >= 0.3 is 67.8 Å². The van der Waals surface area contributed by atoms with Crippen molar-refractivity contribution in [1.29, 1.82) is 0 Å². The average molecular weight is 422 g/mol. The van der Waals surface area contributed by atoms with Gasteiger partial charge in [0.05, 0.1) is 0 Å². The molecule has 0 spiro atoms. The fraction of sp³-hybridized carbons (Fsp3) is 0.176. The van der Waals surface area contributed by atoms with Crippen LogP contribution in [0.15, 0.2) is 0 Å². The first kappa shape index (κ1) is 44.2. The fourth-order valence-corrected chi connectivity index (χ4v) is 1.62. The van der Waals surface area contributed by atoms with Crippen LogP contribution in [0.2, 0.25) is 0 Å². The third-order valence-corrected chi connectivity index (χ3v) is 2.23. The maximum absolute atomic E-state index is 7.50. The first-order valence-electron chi connectivity index (χ1n) is 5.32. The van der Waals surface area contributed by atoms with Crippen molar-refractivity contribution in [2.45, 2.75) is 13.8 Å². The Morgan fingerprint density at radius 1 is 0.600 bits per heavy atom. The van der Waals surface area contributed by atoms with Gasteiger partial charge in [-0.25, -0.2) is 0 Å². The molecule has 0 atom stereocenters. The summed E-state index contributed by atoms with van der Waals surface area (Å²) >= 11 is 0. The van der Waals surface area contributed by atoms with Crippen molar-refractivity contribution in [2.75, 3.05) is 0 Å². The summed E-state index contributed by atoms with van der Waals surface area (Å²) in [6.45, 7) is 31.5. The second-order valence-electron chi connectivity index (χ2n) is 3.34. The predicted molar refractivity (Wildman–Crippen MR) is 69.6 cm³/mol. The Kier molecular flexibility index (Phi) is 77.2. The van der Waals surface area contributed by atoms with Gasteiger partial charge in [-0.3, -0.25) is 0 Å². The van der Waals surface area contributed by atoms with Gasteiger partial charge < -0.3 is 0 Å². The molecule has 2 saturated carbocycles. The Morgan fingerprint density at radius 3 is 1.28 bits per heavy atom. The number of rotatable bonds is 1. The molecule has 0 amide bonds. The van der Waals surface area contributed by atoms with Gasteiger partial charge in [0.15, 0.2) is 0 Å². The minimum Gasteiger partial charge on any atom is 0 e. The maximum atomic E-state index is 7.50. The van der Waals surface area contributed by atoms with Gasteiger partial charge in [0.2, 0.25) is 0 Å². The van der Waals surface area contributed by atoms with Crippen LogP contribution in [0.25, 0.3) is 0 Å². The molecule has 0 N–H and O–H groups in total. The van der Waals surface area contributed by atoms with Gasteiger partial charge in [0.1, 0.15) is 0 Å². The molecular weight excluding hydrogens is 410 g/mol. The van der Waals surface area contributed by atoms with Crippen molar-refractivity contribution >= 4 is 0 Å². The van der Waals surface area contributed by atoms with Crippen molar-refractivity contribution in [2.24, 2.45) is 5.92 Å². The second kappa shape index (κ2) is 43.7. The van der Waals surface area contributed by atoms with E-state index in [0.29, 0.717) is 5.92 Å². The topological polar surface area (TPSA) is 119 Å². The summed E-state index contributed by atoms with van der Waals surface area (Å²) in [6, 6.07) is 0. The van der Waals surface area contributed by atoms with Crippen LogP contribution < -0.4 is 0 Å². The summed E-state index contributed by atoms with van der Waals surface area (Å²) < 4.78 is 45.0. The van der Waals surface area contributed by atoms with E-state index in [4.69, 9.17) is 27.9 Å². The minimum absolute atomic E-state index is 0. The summed E-state index contributed by atoms with van der Waals surface area (Å²) in [5.74, 6) is 4.94. The third-order valence-electron chi connectivity index (χ3n) is 2.23. The SMILES string of the molecule is CC(C)[C]1[CH][CH][C]2[CH][CH][CH][C]21.[C-]#[O+].[C-]#[O+].[C-]#[O+].[C-]#[O+].[C-]#[O+].[C-]#[O+].[Mn].[Mn]. The van der Waals surface area contributed by atoms with Crippen molar-refractivity contribution in [1.82, 2.24) is 0 Å². The van der Waals surface area contributed by atoms with E-state index in [0.717, 1.165) is 0 Å². The molecule has 0 saturated heterocycles. The molecule has 0 unspecified atom stereocenters. The summed E-state index contributed by atoms with van der Waals surface area (Å²) in [4.78, 5) is 0. The van der Waals surface area contributed by atoms with E-state index in [1.807, 2.05) is 0 Å². The first-order valence-corrected chi connectivity index (χ1v) is 5.32. The molecule has 25 heavy (non-hydrogen) atoms. The zero-order valence-corrected chi connectivity index (χ0v) is 15.5. The van der Waals surface area contributed by atoms with Crippen molar-refractivity contribution in [3.05, 3.63) is 89.8 Å². The maximum Gasteiger partial charge on any atom is 0 e. The Balaban J connectivity index is -0.0000000402. The molecule has 6 nitrogen and oxygen atoms in total. The Labute approximate surface area is 171 Å². The van der Waals surface area contributed by atoms with Crippen LogP contribution in [0.4, 0.5) is 0 Å². The van der Waals surface area contributed by atoms with Gasteiger partial charge in [-0.05, 0) is 55.8 Å². The van der Waals surface area contributed by atoms with Gasteiger partial charge in [-0.1, -0.05) is 13.8 Å². The molecule has 0 aromatic carbocycles. The van der Waals surface area contributed by atoms with E-state index in [9.17, 15) is 0 Å². The number of hydrogen-bond donors (Lipinski definition) is 0. The van der Waals surface area contributed by atoms with Crippen molar-refractivity contribution in [3.63, 3.8) is 0 Å². The molecule has 0 aliphatic heterocycles. The quantitative estimate of drug-likeness (QED) is 0.350. The van der Waals surface area contributed by atoms with Gasteiger partial charge in [-0.15, -0.1) is 0 Å². The summed E-state index contributed by atoms with van der Waals surface area (Å²) in [5.41, 5.74) is 0. The Morgan fingerprint density at radius 2 is 0.960 bits per heavy atom. The van der Waals surface area contributed by atoms with Gasteiger partial charge in [0.25, 0.3) is 0 Å². The van der Waals surface area contributed by atoms with Crippen LogP contribution in [0.1, 0.15) is 13.8 Å². The standard InChI is InChI=1S/C11H12.6CO.2Mn/c1-8(2)10-7-6-9-4-3-5-11(9)10;6*1-2;;/h3-8H,1-2H3;;;;;;;;. The molecule has 2 fully saturated rings. The van der Waals surface area contributed by atoms with E-state index < -0.39 is 0 Å². The normalized spacial score (nSPS) is 13.1. The largest absolute Gasteiger partial charge is 0 e. The van der Waals surface area contributed by atoms with E-state index in [1.165, 1.54) is 17.8 Å². The summed E-state index contributed by atoms with van der Waals surface area (Å²) in [6.07, 6.45) is 10.9. The predicted octanol–water partition coefficient (Wildman–Crippen LogP) is 2.18. The Bertz CT molecular complexity index is 311. The molecule has 0 aromatic rings. The Hall–Kier alpha value is -0.521. The molecule has 2 aliphatic rings. The van der Waals surface area contributed by atoms with E-state index in [2.05, 4.69) is 85.9 Å². The molecule has 130 valence electrons. The van der Waals surface area contributed by atoms with E-state index in [1.54, 1.807) is 0 Å². The van der Waals surface area contributed by atoms with Crippen LogP contribution >= 0.6 is 0 Å². The second-order valence-corrected chi connectivity index (χ2v) is 3.34. The van der Waals surface area contributed by atoms with Crippen molar-refractivity contribution < 1.29 is 62.1 Å². The monoisotopic (exact) mass is 422 g/mol. The molecule has 8 heteroatoms. The zero-order valence-electron chi connectivity index (χ0n) is 13.2. The average Bonchev–Trinajstić information content (AvgIpc) is 3.29. The summed E-state index contributed by atoms with van der Waals surface area (Å²) in [5, 5.41) is 0. The fourth-order valence-electron chi connectivity index (χ4n) is 1.62. The van der Waals surface area contributed by atoms with Crippen LogP contribution in [0.3, 0.4) is 0 Å². The molecule has 0 heterocycles. The van der Waals surface area contributed by atoms with Gasteiger partial charge in [0, 0.05) is 34.1 Å². The smallest absolute Gasteiger partial charge is 0 e. The van der Waals surface area contributed by atoms with E-state index in [-0.39, 0.29) is 34.1 Å². The molecule has 2 rings (SSSR count). The van der Waals surface area contributed by atoms with E-state index >= 15 is 0 Å². The van der Waals surface area contributed by atoms with Crippen LogP contribution in [0.5, 0.6) is 0 Å². The first-order chi connectivity index (χ1) is 11.3. The van der Waals surface area contributed by atoms with Crippen LogP contribution in [-0.2, 0) is 62.1 Å². The van der Waals surface area contributed by atoms with Crippen LogP contribution in [-0.4, -0.2) is 0 Å². The number of hydrogen-bond acceptors (Lipinski definition) is 0. The molecule has 2 aliphatic carbocycles. The van der Waals surface area contributed by atoms with Crippen molar-refractivity contribution in [3.8, 4) is 0 Å². The zero-order chi connectivity index (χ0) is 19.8. The summed E-state index contributed by atoms with van der Waals surface area (Å²) in [7, 11) is 0. The molecule has 0 aromatic heterocycles. The minimum atomic E-state index is 0. The van der Waals surface area contributed by atoms with Crippen LogP contribution in [0, 0.1) is 95.7 Å². The third kappa shape index (κ3) is 21.4. The molecule has 0 bridgehead atoms. The molecular formula is C17H12Mn2O6. The number of fused-ring (bicyclic) bond motifs is 1. The van der Waals surface area contributed by atoms with Gasteiger partial charge in [-0.2, -0.15) is 0 Å².